The van der Waals surface area contributed by atoms with Crippen molar-refractivity contribution < 1.29 is 19.4 Å². The molecule has 1 N–H and O–H groups in total. The molecule has 1 atom stereocenters. The minimum atomic E-state index is -1.32. The Balaban J connectivity index is 2.58. The Bertz CT molecular complexity index is 434. The molecule has 0 aliphatic carbocycles. The van der Waals surface area contributed by atoms with Crippen LogP contribution in [0.4, 0.5) is 0 Å². The van der Waals surface area contributed by atoms with Crippen LogP contribution in [0.1, 0.15) is 5.56 Å². The van der Waals surface area contributed by atoms with Crippen LogP contribution in [0.3, 0.4) is 0 Å². The predicted molar refractivity (Wildman–Crippen MR) is 63.2 cm³/mol. The van der Waals surface area contributed by atoms with Crippen LogP contribution in [-0.4, -0.2) is 23.1 Å². The quantitative estimate of drug-likeness (QED) is 0.478. The van der Waals surface area contributed by atoms with Gasteiger partial charge in [0.2, 0.25) is 6.10 Å². The van der Waals surface area contributed by atoms with Gasteiger partial charge < -0.3 is 9.84 Å². The van der Waals surface area contributed by atoms with Gasteiger partial charge in [0.05, 0.1) is 0 Å². The molecular weight excluding hydrogens is 220 g/mol. The number of aliphatic carboxylic acids is 1. The van der Waals surface area contributed by atoms with Crippen molar-refractivity contribution in [3.05, 3.63) is 54.6 Å². The van der Waals surface area contributed by atoms with Gasteiger partial charge in [-0.2, -0.15) is 0 Å². The molecule has 1 unspecified atom stereocenters. The number of ether oxygens (including phenoxy) is 1. The van der Waals surface area contributed by atoms with E-state index in [2.05, 4.69) is 11.3 Å². The number of benzene rings is 1. The zero-order valence-electron chi connectivity index (χ0n) is 9.08. The van der Waals surface area contributed by atoms with Crippen molar-refractivity contribution in [3.63, 3.8) is 0 Å². The van der Waals surface area contributed by atoms with Gasteiger partial charge in [-0.15, -0.1) is 0 Å². The number of rotatable bonds is 5. The summed E-state index contributed by atoms with van der Waals surface area (Å²) in [5.41, 5.74) is 0.829. The van der Waals surface area contributed by atoms with E-state index < -0.39 is 18.0 Å². The predicted octanol–water partition coefficient (Wildman–Crippen LogP) is 1.88. The molecule has 0 amide bonds. The van der Waals surface area contributed by atoms with Crippen molar-refractivity contribution in [2.24, 2.45) is 0 Å². The second-order valence-corrected chi connectivity index (χ2v) is 3.18. The van der Waals surface area contributed by atoms with Crippen LogP contribution in [0.2, 0.25) is 0 Å². The molecule has 4 nitrogen and oxygen atoms in total. The maximum atomic E-state index is 11.3. The van der Waals surface area contributed by atoms with E-state index in [1.54, 1.807) is 6.08 Å². The highest BCUT2D eigenvalue weighted by molar-refractivity contribution is 5.89. The lowest BCUT2D eigenvalue weighted by Gasteiger charge is -2.06. The van der Waals surface area contributed by atoms with Crippen LogP contribution in [-0.2, 0) is 14.3 Å². The average Bonchev–Trinajstić information content (AvgIpc) is 2.34. The average molecular weight is 232 g/mol. The fraction of sp³-hybridized carbons (Fsp3) is 0.0769. The summed E-state index contributed by atoms with van der Waals surface area (Å²) in [6, 6.07) is 9.13. The van der Waals surface area contributed by atoms with E-state index >= 15 is 0 Å². The highest BCUT2D eigenvalue weighted by Gasteiger charge is 2.16. The maximum absolute atomic E-state index is 11.3. The Morgan fingerprint density at radius 3 is 2.47 bits per heavy atom. The fourth-order valence-corrected chi connectivity index (χ4v) is 1.09. The van der Waals surface area contributed by atoms with Gasteiger partial charge in [0, 0.05) is 6.08 Å². The Kier molecular flexibility index (Phi) is 4.69. The highest BCUT2D eigenvalue weighted by atomic mass is 16.6. The third-order valence-electron chi connectivity index (χ3n) is 1.91. The minimum absolute atomic E-state index is 0.721. The standard InChI is InChI=1S/C13H12O4/c1-2-11(13(15)16)17-12(14)9-8-10-6-4-3-5-7-10/h2-9,11H,1H2,(H,15,16)/b9-8+. The molecule has 0 saturated heterocycles. The van der Waals surface area contributed by atoms with Crippen molar-refractivity contribution in [1.82, 2.24) is 0 Å². The van der Waals surface area contributed by atoms with Crippen LogP contribution < -0.4 is 0 Å². The summed E-state index contributed by atoms with van der Waals surface area (Å²) in [7, 11) is 0. The van der Waals surface area contributed by atoms with Crippen molar-refractivity contribution in [3.8, 4) is 0 Å². The molecule has 1 rings (SSSR count). The third kappa shape index (κ3) is 4.34. The minimum Gasteiger partial charge on any atom is -0.478 e. The fourth-order valence-electron chi connectivity index (χ4n) is 1.09. The molecule has 0 aliphatic heterocycles. The summed E-state index contributed by atoms with van der Waals surface area (Å²) < 4.78 is 4.64. The highest BCUT2D eigenvalue weighted by Crippen LogP contribution is 2.02. The second kappa shape index (κ2) is 6.27. The van der Waals surface area contributed by atoms with E-state index in [-0.39, 0.29) is 0 Å². The van der Waals surface area contributed by atoms with Crippen molar-refractivity contribution in [2.75, 3.05) is 0 Å². The van der Waals surface area contributed by atoms with Gasteiger partial charge in [0.25, 0.3) is 0 Å². The van der Waals surface area contributed by atoms with Crippen molar-refractivity contribution in [2.45, 2.75) is 6.10 Å². The number of hydrogen-bond donors (Lipinski definition) is 1. The van der Waals surface area contributed by atoms with Gasteiger partial charge in [-0.1, -0.05) is 36.9 Å². The van der Waals surface area contributed by atoms with Gasteiger partial charge in [-0.3, -0.25) is 0 Å². The molecule has 0 radical (unpaired) electrons. The van der Waals surface area contributed by atoms with Crippen LogP contribution in [0.25, 0.3) is 6.08 Å². The van der Waals surface area contributed by atoms with E-state index in [4.69, 9.17) is 5.11 Å². The number of carbonyl (C=O) groups excluding carboxylic acids is 1. The van der Waals surface area contributed by atoms with E-state index in [0.717, 1.165) is 11.6 Å². The van der Waals surface area contributed by atoms with Crippen molar-refractivity contribution in [1.29, 1.82) is 0 Å². The first kappa shape index (κ1) is 12.7. The van der Waals surface area contributed by atoms with E-state index in [9.17, 15) is 9.59 Å². The topological polar surface area (TPSA) is 63.6 Å². The molecule has 0 heterocycles. The summed E-state index contributed by atoms with van der Waals surface area (Å²) in [5.74, 6) is -1.97. The maximum Gasteiger partial charge on any atom is 0.349 e. The number of hydrogen-bond acceptors (Lipinski definition) is 3. The number of carboxylic acids is 1. The number of carboxylic acid groups (broad SMARTS) is 1. The molecule has 1 aromatic carbocycles. The monoisotopic (exact) mass is 232 g/mol. The number of carbonyl (C=O) groups is 2. The first-order chi connectivity index (χ1) is 8.13. The van der Waals surface area contributed by atoms with Gasteiger partial charge in [-0.25, -0.2) is 9.59 Å². The molecule has 0 aliphatic rings. The normalized spacial score (nSPS) is 12.0. The Morgan fingerprint density at radius 2 is 1.94 bits per heavy atom. The summed E-state index contributed by atoms with van der Waals surface area (Å²) in [6.45, 7) is 3.27. The lowest BCUT2D eigenvalue weighted by molar-refractivity contribution is -0.157. The molecule has 1 aromatic rings. The first-order valence-electron chi connectivity index (χ1n) is 4.92. The van der Waals surface area contributed by atoms with Gasteiger partial charge in [0.15, 0.2) is 0 Å². The zero-order valence-corrected chi connectivity index (χ0v) is 9.08. The van der Waals surface area contributed by atoms with Gasteiger partial charge in [-0.05, 0) is 17.7 Å². The summed E-state index contributed by atoms with van der Waals surface area (Å²) in [5, 5.41) is 8.63. The largest absolute Gasteiger partial charge is 0.478 e. The molecule has 0 aromatic heterocycles. The Labute approximate surface area is 98.8 Å². The van der Waals surface area contributed by atoms with Crippen LogP contribution >= 0.6 is 0 Å². The van der Waals surface area contributed by atoms with Crippen LogP contribution in [0, 0.1) is 0 Å². The third-order valence-corrected chi connectivity index (χ3v) is 1.91. The van der Waals surface area contributed by atoms with E-state index in [1.165, 1.54) is 6.08 Å². The van der Waals surface area contributed by atoms with Crippen molar-refractivity contribution >= 4 is 18.0 Å². The summed E-state index contributed by atoms with van der Waals surface area (Å²) >= 11 is 0. The Hall–Kier alpha value is -2.36. The summed E-state index contributed by atoms with van der Waals surface area (Å²) in [4.78, 5) is 21.8. The molecule has 0 spiro atoms. The van der Waals surface area contributed by atoms with Gasteiger partial charge in [0.1, 0.15) is 0 Å². The first-order valence-corrected chi connectivity index (χ1v) is 4.92. The molecule has 88 valence electrons. The summed E-state index contributed by atoms with van der Waals surface area (Å²) in [6.07, 6.45) is 2.46. The SMILES string of the molecule is C=CC(OC(=O)/C=C/c1ccccc1)C(=O)O. The van der Waals surface area contributed by atoms with E-state index in [0.29, 0.717) is 0 Å². The zero-order chi connectivity index (χ0) is 12.7. The Morgan fingerprint density at radius 1 is 1.29 bits per heavy atom. The molecule has 0 bridgehead atoms. The molecular formula is C13H12O4. The van der Waals surface area contributed by atoms with E-state index in [1.807, 2.05) is 30.3 Å². The lowest BCUT2D eigenvalue weighted by atomic mass is 10.2. The van der Waals surface area contributed by atoms with Crippen LogP contribution in [0.15, 0.2) is 49.1 Å². The van der Waals surface area contributed by atoms with Crippen LogP contribution in [0.5, 0.6) is 0 Å². The molecule has 17 heavy (non-hydrogen) atoms. The molecule has 0 fully saturated rings. The molecule has 4 heteroatoms. The number of esters is 1. The van der Waals surface area contributed by atoms with Gasteiger partial charge >= 0.3 is 11.9 Å². The molecule has 0 saturated carbocycles. The lowest BCUT2D eigenvalue weighted by Crippen LogP contribution is -2.23. The smallest absolute Gasteiger partial charge is 0.349 e. The second-order valence-electron chi connectivity index (χ2n) is 3.18.